The number of hydrogen-bond donors (Lipinski definition) is 3. The summed E-state index contributed by atoms with van der Waals surface area (Å²) >= 11 is 6.62. The molecule has 2 atom stereocenters. The van der Waals surface area contributed by atoms with Crippen molar-refractivity contribution >= 4 is 34.5 Å². The zero-order valence-electron chi connectivity index (χ0n) is 24.5. The quantitative estimate of drug-likeness (QED) is 0.257. The lowest BCUT2D eigenvalue weighted by molar-refractivity contribution is -0.123. The van der Waals surface area contributed by atoms with Crippen molar-refractivity contribution in [2.24, 2.45) is 5.73 Å². The van der Waals surface area contributed by atoms with Crippen LogP contribution >= 0.6 is 11.6 Å². The van der Waals surface area contributed by atoms with Gasteiger partial charge in [0.25, 0.3) is 5.91 Å². The first kappa shape index (κ1) is 28.7. The molecule has 2 amide bonds. The van der Waals surface area contributed by atoms with Crippen LogP contribution in [0, 0.1) is 13.8 Å². The van der Waals surface area contributed by atoms with Gasteiger partial charge in [0.2, 0.25) is 5.91 Å². The van der Waals surface area contributed by atoms with Crippen LogP contribution in [-0.2, 0) is 15.8 Å². The Kier molecular flexibility index (Phi) is 6.32. The SMILES string of the molecule is Cc1nccc(-c2nc([C@@](O)(CNC(=O)c3cc(C)c4nc(C5CC5)oc4c3)C3(F)CC3)cc3c2OC[C@]3(C)C(N)=O)c1Cl. The Bertz CT molecular complexity index is 1890. The predicted octanol–water partition coefficient (Wildman–Crippen LogP) is 4.69. The third-order valence-corrected chi connectivity index (χ3v) is 9.66. The lowest BCUT2D eigenvalue weighted by Crippen LogP contribution is -2.49. The number of benzene rings is 1. The molecule has 2 saturated carbocycles. The molecule has 3 aromatic heterocycles. The highest BCUT2D eigenvalue weighted by Gasteiger charge is 2.62. The average molecular weight is 620 g/mol. The molecule has 10 nitrogen and oxygen atoms in total. The zero-order chi connectivity index (χ0) is 31.2. The maximum Gasteiger partial charge on any atom is 0.251 e. The number of halogens is 2. The van der Waals surface area contributed by atoms with E-state index >= 15 is 4.39 Å². The van der Waals surface area contributed by atoms with Crippen LogP contribution in [0.15, 0.2) is 34.9 Å². The number of fused-ring (bicyclic) bond motifs is 2. The first-order chi connectivity index (χ1) is 20.8. The fourth-order valence-electron chi connectivity index (χ4n) is 5.88. The van der Waals surface area contributed by atoms with Crippen LogP contribution in [0.5, 0.6) is 5.75 Å². The van der Waals surface area contributed by atoms with Gasteiger partial charge in [-0.25, -0.2) is 14.4 Å². The minimum absolute atomic E-state index is 0.0548. The normalized spacial score (nSPS) is 21.4. The highest BCUT2D eigenvalue weighted by Crippen LogP contribution is 2.55. The number of aliphatic hydroxyl groups is 1. The van der Waals surface area contributed by atoms with E-state index in [-0.39, 0.29) is 47.2 Å². The molecule has 4 heterocycles. The Hall–Kier alpha value is -4.09. The Morgan fingerprint density at radius 3 is 2.66 bits per heavy atom. The molecule has 1 aliphatic heterocycles. The lowest BCUT2D eigenvalue weighted by atomic mass is 9.80. The largest absolute Gasteiger partial charge is 0.489 e. The van der Waals surface area contributed by atoms with Crippen LogP contribution < -0.4 is 15.8 Å². The van der Waals surface area contributed by atoms with Gasteiger partial charge in [0, 0.05) is 28.8 Å². The monoisotopic (exact) mass is 619 g/mol. The second-order valence-electron chi connectivity index (χ2n) is 12.5. The number of hydrogen-bond acceptors (Lipinski definition) is 8. The summed E-state index contributed by atoms with van der Waals surface area (Å²) in [5.41, 5.74) is 3.87. The third-order valence-electron chi connectivity index (χ3n) is 9.18. The van der Waals surface area contributed by atoms with Crippen molar-refractivity contribution in [2.75, 3.05) is 13.2 Å². The number of ether oxygens (including phenoxy) is 1. The first-order valence-corrected chi connectivity index (χ1v) is 14.9. The number of alkyl halides is 1. The first-order valence-electron chi connectivity index (χ1n) is 14.6. The summed E-state index contributed by atoms with van der Waals surface area (Å²) < 4.78 is 28.1. The third kappa shape index (κ3) is 4.35. The van der Waals surface area contributed by atoms with Crippen LogP contribution in [-0.4, -0.2) is 50.7 Å². The number of carbonyl (C=O) groups is 2. The molecule has 44 heavy (non-hydrogen) atoms. The summed E-state index contributed by atoms with van der Waals surface area (Å²) in [4.78, 5) is 39.6. The van der Waals surface area contributed by atoms with Gasteiger partial charge >= 0.3 is 0 Å². The van der Waals surface area contributed by atoms with Crippen molar-refractivity contribution in [3.8, 4) is 17.0 Å². The fourth-order valence-corrected chi connectivity index (χ4v) is 6.08. The smallest absolute Gasteiger partial charge is 0.251 e. The number of nitrogens with zero attached hydrogens (tertiary/aromatic N) is 3. The van der Waals surface area contributed by atoms with Crippen LogP contribution in [0.2, 0.25) is 5.02 Å². The van der Waals surface area contributed by atoms with E-state index in [1.807, 2.05) is 6.92 Å². The molecule has 2 aliphatic carbocycles. The molecule has 4 aromatic rings. The van der Waals surface area contributed by atoms with Gasteiger partial charge < -0.3 is 25.3 Å². The predicted molar refractivity (Wildman–Crippen MR) is 159 cm³/mol. The van der Waals surface area contributed by atoms with Gasteiger partial charge in [-0.1, -0.05) is 11.6 Å². The number of aryl methyl sites for hydroxylation is 2. The van der Waals surface area contributed by atoms with E-state index in [0.717, 1.165) is 18.4 Å². The van der Waals surface area contributed by atoms with E-state index in [1.54, 1.807) is 38.2 Å². The van der Waals surface area contributed by atoms with E-state index < -0.39 is 35.0 Å². The maximum atomic E-state index is 16.2. The molecule has 0 saturated heterocycles. The van der Waals surface area contributed by atoms with Crippen LogP contribution in [0.4, 0.5) is 4.39 Å². The second-order valence-corrected chi connectivity index (χ2v) is 12.8. The number of pyridine rings is 2. The Morgan fingerprint density at radius 2 is 1.98 bits per heavy atom. The molecule has 0 bridgehead atoms. The van der Waals surface area contributed by atoms with E-state index in [9.17, 15) is 14.7 Å². The summed E-state index contributed by atoms with van der Waals surface area (Å²) in [5, 5.41) is 15.1. The van der Waals surface area contributed by atoms with E-state index in [2.05, 4.69) is 15.3 Å². The van der Waals surface area contributed by atoms with Gasteiger partial charge in [-0.05, 0) is 76.3 Å². The molecule has 3 aliphatic rings. The van der Waals surface area contributed by atoms with Gasteiger partial charge in [-0.3, -0.25) is 14.6 Å². The summed E-state index contributed by atoms with van der Waals surface area (Å²) in [6, 6.07) is 6.37. The van der Waals surface area contributed by atoms with Crippen molar-refractivity contribution < 1.29 is 28.2 Å². The second kappa shape index (κ2) is 9.70. The summed E-state index contributed by atoms with van der Waals surface area (Å²) in [5.74, 6) is 0.0575. The van der Waals surface area contributed by atoms with E-state index in [4.69, 9.17) is 31.5 Å². The topological polar surface area (TPSA) is 153 Å². The highest BCUT2D eigenvalue weighted by atomic mass is 35.5. The molecule has 0 spiro atoms. The molecule has 12 heteroatoms. The van der Waals surface area contributed by atoms with Crippen LogP contribution in [0.1, 0.15) is 77.3 Å². The average Bonchev–Trinajstić information content (AvgIpc) is 3.91. The minimum Gasteiger partial charge on any atom is -0.489 e. The number of aromatic nitrogens is 3. The Labute approximate surface area is 257 Å². The molecular weight excluding hydrogens is 589 g/mol. The van der Waals surface area contributed by atoms with Gasteiger partial charge in [0.15, 0.2) is 17.1 Å². The molecule has 0 unspecified atom stereocenters. The van der Waals surface area contributed by atoms with Crippen LogP contribution in [0.3, 0.4) is 0 Å². The number of nitrogens with two attached hydrogens (primary N) is 1. The highest BCUT2D eigenvalue weighted by molar-refractivity contribution is 6.34. The van der Waals surface area contributed by atoms with Gasteiger partial charge in [-0.15, -0.1) is 0 Å². The van der Waals surface area contributed by atoms with E-state index in [1.165, 1.54) is 6.07 Å². The van der Waals surface area contributed by atoms with Gasteiger partial charge in [0.05, 0.1) is 23.0 Å². The number of primary amides is 1. The number of nitrogens with one attached hydrogen (secondary N) is 1. The number of rotatable bonds is 8. The molecule has 1 aromatic carbocycles. The Balaban J connectivity index is 1.29. The minimum atomic E-state index is -2.26. The number of oxazole rings is 1. The summed E-state index contributed by atoms with van der Waals surface area (Å²) in [6.07, 6.45) is 3.71. The Morgan fingerprint density at radius 1 is 1.23 bits per heavy atom. The van der Waals surface area contributed by atoms with Crippen molar-refractivity contribution in [1.29, 1.82) is 0 Å². The lowest BCUT2D eigenvalue weighted by Gasteiger charge is -2.33. The van der Waals surface area contributed by atoms with Gasteiger partial charge in [-0.2, -0.15) is 0 Å². The van der Waals surface area contributed by atoms with Crippen molar-refractivity contribution in [1.82, 2.24) is 20.3 Å². The summed E-state index contributed by atoms with van der Waals surface area (Å²) in [6.45, 7) is 4.62. The zero-order valence-corrected chi connectivity index (χ0v) is 25.2. The maximum absolute atomic E-state index is 16.2. The molecule has 0 radical (unpaired) electrons. The fraction of sp³-hybridized carbons (Fsp3) is 0.406. The molecule has 7 rings (SSSR count). The van der Waals surface area contributed by atoms with Gasteiger partial charge in [0.1, 0.15) is 34.7 Å². The molecule has 2 fully saturated rings. The molecule has 228 valence electrons. The standard InChI is InChI=1S/C32H31ClFN5O5/c1-15-10-18(11-21-24(15)39-28(44-21)17-4-5-17)27(40)37-13-32(42,31(34)7-8-31)22-12-20-26(43-14-30(20,3)29(35)41)25(38-22)19-6-9-36-16(2)23(19)33/h6,9-12,17,42H,4-5,7-8,13-14H2,1-3H3,(H2,35,41)(H,37,40)/t30-,32-/m0/s1. The van der Waals surface area contributed by atoms with Crippen molar-refractivity contribution in [2.45, 2.75) is 69.1 Å². The number of carbonyl (C=O) groups excluding carboxylic acids is 2. The molecular formula is C32H31ClFN5O5. The van der Waals surface area contributed by atoms with Crippen molar-refractivity contribution in [3.05, 3.63) is 69.5 Å². The summed E-state index contributed by atoms with van der Waals surface area (Å²) in [7, 11) is 0. The number of amides is 2. The van der Waals surface area contributed by atoms with Crippen molar-refractivity contribution in [3.63, 3.8) is 0 Å². The molecule has 4 N–H and O–H groups in total. The van der Waals surface area contributed by atoms with Crippen LogP contribution in [0.25, 0.3) is 22.4 Å². The van der Waals surface area contributed by atoms with E-state index in [0.29, 0.717) is 39.7 Å².